The molecule has 1 saturated heterocycles. The van der Waals surface area contributed by atoms with Crippen molar-refractivity contribution in [1.82, 2.24) is 4.90 Å². The van der Waals surface area contributed by atoms with Gasteiger partial charge in [-0.05, 0) is 31.9 Å². The van der Waals surface area contributed by atoms with Crippen molar-refractivity contribution in [2.24, 2.45) is 0 Å². The molecule has 0 amide bonds. The SMILES string of the molecule is CC(=O)C[C@H]1COCCN1Cc1ccccc1C(C)(C)C#N. The highest BCUT2D eigenvalue weighted by Gasteiger charge is 2.27. The molecule has 0 spiro atoms. The minimum absolute atomic E-state index is 0.129. The van der Waals surface area contributed by atoms with Crippen molar-refractivity contribution in [2.45, 2.75) is 45.2 Å². The van der Waals surface area contributed by atoms with Crippen LogP contribution in [0.4, 0.5) is 0 Å². The van der Waals surface area contributed by atoms with Gasteiger partial charge in [0, 0.05) is 25.6 Å². The molecule has 1 aromatic carbocycles. The maximum absolute atomic E-state index is 11.5. The Labute approximate surface area is 132 Å². The number of morpholine rings is 1. The number of rotatable bonds is 5. The van der Waals surface area contributed by atoms with Crippen molar-refractivity contribution in [1.29, 1.82) is 5.26 Å². The van der Waals surface area contributed by atoms with Crippen LogP contribution < -0.4 is 0 Å². The summed E-state index contributed by atoms with van der Waals surface area (Å²) >= 11 is 0. The van der Waals surface area contributed by atoms with E-state index in [1.165, 1.54) is 0 Å². The van der Waals surface area contributed by atoms with E-state index in [0.717, 1.165) is 24.2 Å². The lowest BCUT2D eigenvalue weighted by molar-refractivity contribution is -0.120. The largest absolute Gasteiger partial charge is 0.378 e. The highest BCUT2D eigenvalue weighted by atomic mass is 16.5. The zero-order valence-electron chi connectivity index (χ0n) is 13.6. The fourth-order valence-corrected chi connectivity index (χ4v) is 2.96. The fraction of sp³-hybridized carbons (Fsp3) is 0.556. The van der Waals surface area contributed by atoms with Crippen LogP contribution >= 0.6 is 0 Å². The number of nitriles is 1. The van der Waals surface area contributed by atoms with Crippen LogP contribution in [0.5, 0.6) is 0 Å². The molecule has 0 N–H and O–H groups in total. The zero-order chi connectivity index (χ0) is 16.2. The molecule has 1 heterocycles. The Hall–Kier alpha value is -1.70. The lowest BCUT2D eigenvalue weighted by Gasteiger charge is -2.36. The number of carbonyl (C=O) groups excluding carboxylic acids is 1. The van der Waals surface area contributed by atoms with E-state index in [1.807, 2.05) is 32.0 Å². The molecule has 2 rings (SSSR count). The Balaban J connectivity index is 2.22. The third kappa shape index (κ3) is 3.94. The lowest BCUT2D eigenvalue weighted by Crippen LogP contribution is -2.46. The Morgan fingerprint density at radius 2 is 2.18 bits per heavy atom. The van der Waals surface area contributed by atoms with Crippen LogP contribution in [-0.2, 0) is 21.5 Å². The lowest BCUT2D eigenvalue weighted by atomic mass is 9.83. The first kappa shape index (κ1) is 16.7. The average molecular weight is 300 g/mol. The summed E-state index contributed by atoms with van der Waals surface area (Å²) in [5, 5.41) is 9.42. The molecule has 1 aliphatic heterocycles. The molecular weight excluding hydrogens is 276 g/mol. The minimum Gasteiger partial charge on any atom is -0.378 e. The van der Waals surface area contributed by atoms with Crippen LogP contribution in [0.15, 0.2) is 24.3 Å². The molecule has 118 valence electrons. The van der Waals surface area contributed by atoms with Gasteiger partial charge in [-0.2, -0.15) is 5.26 Å². The second-order valence-corrected chi connectivity index (χ2v) is 6.50. The molecule has 0 aliphatic carbocycles. The van der Waals surface area contributed by atoms with Gasteiger partial charge in [0.1, 0.15) is 5.78 Å². The number of carbonyl (C=O) groups is 1. The van der Waals surface area contributed by atoms with E-state index in [2.05, 4.69) is 17.0 Å². The predicted molar refractivity (Wildman–Crippen MR) is 85.4 cm³/mol. The number of ketones is 1. The molecule has 1 atom stereocenters. The van der Waals surface area contributed by atoms with Gasteiger partial charge >= 0.3 is 0 Å². The van der Waals surface area contributed by atoms with Crippen molar-refractivity contribution >= 4 is 5.78 Å². The summed E-state index contributed by atoms with van der Waals surface area (Å²) in [5.74, 6) is 0.186. The monoisotopic (exact) mass is 300 g/mol. The molecule has 1 aliphatic rings. The number of hydrogen-bond donors (Lipinski definition) is 0. The van der Waals surface area contributed by atoms with Gasteiger partial charge in [-0.25, -0.2) is 0 Å². The van der Waals surface area contributed by atoms with E-state index >= 15 is 0 Å². The van der Waals surface area contributed by atoms with E-state index in [0.29, 0.717) is 19.6 Å². The van der Waals surface area contributed by atoms with Crippen LogP contribution in [0.1, 0.15) is 38.3 Å². The number of ether oxygens (including phenoxy) is 1. The van der Waals surface area contributed by atoms with Crippen molar-refractivity contribution in [3.63, 3.8) is 0 Å². The van der Waals surface area contributed by atoms with Crippen molar-refractivity contribution in [2.75, 3.05) is 19.8 Å². The number of Topliss-reactive ketones (excluding diaryl/α,β-unsaturated/α-hetero) is 1. The molecule has 0 saturated carbocycles. The highest BCUT2D eigenvalue weighted by Crippen LogP contribution is 2.27. The number of hydrogen-bond acceptors (Lipinski definition) is 4. The first-order valence-corrected chi connectivity index (χ1v) is 7.75. The summed E-state index contributed by atoms with van der Waals surface area (Å²) < 4.78 is 5.52. The van der Waals surface area contributed by atoms with E-state index in [-0.39, 0.29) is 11.8 Å². The molecule has 1 fully saturated rings. The van der Waals surface area contributed by atoms with E-state index in [9.17, 15) is 10.1 Å². The zero-order valence-corrected chi connectivity index (χ0v) is 13.6. The smallest absolute Gasteiger partial charge is 0.131 e. The molecule has 0 unspecified atom stereocenters. The second-order valence-electron chi connectivity index (χ2n) is 6.50. The standard InChI is InChI=1S/C18H24N2O2/c1-14(21)10-16-12-22-9-8-20(16)11-15-6-4-5-7-17(15)18(2,3)13-19/h4-7,16H,8-12H2,1-3H3/t16-/m0/s1. The Bertz CT molecular complexity index is 575. The van der Waals surface area contributed by atoms with Gasteiger partial charge in [-0.1, -0.05) is 24.3 Å². The normalized spacial score (nSPS) is 19.6. The minimum atomic E-state index is -0.515. The van der Waals surface area contributed by atoms with Crippen molar-refractivity contribution in [3.05, 3.63) is 35.4 Å². The summed E-state index contributed by atoms with van der Waals surface area (Å²) in [6.45, 7) is 8.37. The van der Waals surface area contributed by atoms with Crippen LogP contribution in [0.3, 0.4) is 0 Å². The molecule has 4 heteroatoms. The summed E-state index contributed by atoms with van der Waals surface area (Å²) in [4.78, 5) is 13.8. The fourth-order valence-electron chi connectivity index (χ4n) is 2.96. The van der Waals surface area contributed by atoms with E-state index in [4.69, 9.17) is 4.74 Å². The third-order valence-electron chi connectivity index (χ3n) is 4.22. The molecule has 1 aromatic rings. The highest BCUT2D eigenvalue weighted by molar-refractivity contribution is 5.76. The van der Waals surface area contributed by atoms with Crippen molar-refractivity contribution < 1.29 is 9.53 Å². The summed E-state index contributed by atoms with van der Waals surface area (Å²) in [6.07, 6.45) is 0.518. The summed E-state index contributed by atoms with van der Waals surface area (Å²) in [6, 6.07) is 10.6. The van der Waals surface area contributed by atoms with Crippen molar-refractivity contribution in [3.8, 4) is 6.07 Å². The van der Waals surface area contributed by atoms with Gasteiger partial charge in [0.2, 0.25) is 0 Å². The number of nitrogens with zero attached hydrogens (tertiary/aromatic N) is 2. The van der Waals surface area contributed by atoms with Crippen LogP contribution in [0, 0.1) is 11.3 Å². The predicted octanol–water partition coefficient (Wildman–Crippen LogP) is 2.67. The van der Waals surface area contributed by atoms with Gasteiger partial charge in [0.25, 0.3) is 0 Å². The molecule has 0 bridgehead atoms. The topological polar surface area (TPSA) is 53.3 Å². The molecule has 0 radical (unpaired) electrons. The number of benzene rings is 1. The van der Waals surface area contributed by atoms with Gasteiger partial charge in [-0.15, -0.1) is 0 Å². The molecule has 22 heavy (non-hydrogen) atoms. The molecular formula is C18H24N2O2. The summed E-state index contributed by atoms with van der Waals surface area (Å²) in [7, 11) is 0. The second kappa shape index (κ2) is 7.04. The van der Waals surface area contributed by atoms with Crippen LogP contribution in [0.25, 0.3) is 0 Å². The Morgan fingerprint density at radius 3 is 2.86 bits per heavy atom. The van der Waals surface area contributed by atoms with Gasteiger partial charge < -0.3 is 4.74 Å². The molecule has 4 nitrogen and oxygen atoms in total. The average Bonchev–Trinajstić information content (AvgIpc) is 2.49. The summed E-state index contributed by atoms with van der Waals surface area (Å²) in [5.41, 5.74) is 1.70. The maximum atomic E-state index is 11.5. The van der Waals surface area contributed by atoms with Gasteiger partial charge in [0.05, 0.1) is 24.7 Å². The Kier molecular flexibility index (Phi) is 5.33. The Morgan fingerprint density at radius 1 is 1.45 bits per heavy atom. The third-order valence-corrected chi connectivity index (χ3v) is 4.22. The molecule has 0 aromatic heterocycles. The van der Waals surface area contributed by atoms with Gasteiger partial charge in [0.15, 0.2) is 0 Å². The van der Waals surface area contributed by atoms with E-state index < -0.39 is 5.41 Å². The van der Waals surface area contributed by atoms with E-state index in [1.54, 1.807) is 6.92 Å². The first-order valence-electron chi connectivity index (χ1n) is 7.75. The quantitative estimate of drug-likeness (QED) is 0.839. The first-order chi connectivity index (χ1) is 10.4. The van der Waals surface area contributed by atoms with Crippen LogP contribution in [-0.4, -0.2) is 36.5 Å². The maximum Gasteiger partial charge on any atom is 0.131 e. The van der Waals surface area contributed by atoms with Crippen LogP contribution in [0.2, 0.25) is 0 Å². The van der Waals surface area contributed by atoms with Gasteiger partial charge in [-0.3, -0.25) is 9.69 Å².